The summed E-state index contributed by atoms with van der Waals surface area (Å²) in [7, 11) is 0. The Bertz CT molecular complexity index is 1980. The minimum atomic E-state index is 0.187. The first kappa shape index (κ1) is 25.6. The summed E-state index contributed by atoms with van der Waals surface area (Å²) in [5.41, 5.74) is 14.9. The average Bonchev–Trinajstić information content (AvgIpc) is 2.94. The fourth-order valence-electron chi connectivity index (χ4n) is 7.61. The van der Waals surface area contributed by atoms with Gasteiger partial charge in [-0.25, -0.2) is 0 Å². The molecule has 0 aliphatic carbocycles. The van der Waals surface area contributed by atoms with Crippen LogP contribution in [0, 0.1) is 41.5 Å². The predicted molar refractivity (Wildman–Crippen MR) is 182 cm³/mol. The first-order valence-corrected chi connectivity index (χ1v) is 14.7. The fraction of sp³-hybridized carbons (Fsp3) is 0.150. The van der Waals surface area contributed by atoms with Crippen LogP contribution in [0.3, 0.4) is 0 Å². The molecule has 0 heterocycles. The Kier molecular flexibility index (Phi) is 6.01. The highest BCUT2D eigenvalue weighted by Gasteiger charge is 2.28. The normalized spacial score (nSPS) is 11.7. The average molecular weight is 527 g/mol. The van der Waals surface area contributed by atoms with Gasteiger partial charge in [0.2, 0.25) is 6.71 Å². The Balaban J connectivity index is 1.42. The maximum Gasteiger partial charge on any atom is 0.242 e. The lowest BCUT2D eigenvalue weighted by atomic mass is 9.34. The van der Waals surface area contributed by atoms with Crippen LogP contribution in [-0.2, 0) is 0 Å². The van der Waals surface area contributed by atoms with E-state index in [1.54, 1.807) is 0 Å². The topological polar surface area (TPSA) is 0 Å². The van der Waals surface area contributed by atoms with E-state index >= 15 is 0 Å². The molecule has 0 fully saturated rings. The molecule has 7 aromatic rings. The molecule has 1 heteroatoms. The van der Waals surface area contributed by atoms with Crippen LogP contribution in [0.15, 0.2) is 103 Å². The molecule has 0 aliphatic heterocycles. The molecule has 0 saturated carbocycles. The molecular formula is C40H35B. The lowest BCUT2D eigenvalue weighted by Gasteiger charge is -2.25. The maximum atomic E-state index is 2.37. The summed E-state index contributed by atoms with van der Waals surface area (Å²) < 4.78 is 0. The van der Waals surface area contributed by atoms with Crippen molar-refractivity contribution in [3.8, 4) is 11.1 Å². The minimum Gasteiger partial charge on any atom is -0.0686 e. The van der Waals surface area contributed by atoms with Crippen molar-refractivity contribution in [1.29, 1.82) is 0 Å². The summed E-state index contributed by atoms with van der Waals surface area (Å²) >= 11 is 0. The van der Waals surface area contributed by atoms with Gasteiger partial charge in [0.25, 0.3) is 0 Å². The van der Waals surface area contributed by atoms with Gasteiger partial charge < -0.3 is 0 Å². The molecule has 0 unspecified atom stereocenters. The predicted octanol–water partition coefficient (Wildman–Crippen LogP) is 8.62. The van der Waals surface area contributed by atoms with Crippen LogP contribution < -0.4 is 16.4 Å². The zero-order valence-corrected chi connectivity index (χ0v) is 24.9. The van der Waals surface area contributed by atoms with Gasteiger partial charge in [0.15, 0.2) is 0 Å². The molecule has 0 bridgehead atoms. The molecule has 0 spiro atoms. The van der Waals surface area contributed by atoms with Crippen molar-refractivity contribution in [2.45, 2.75) is 41.5 Å². The summed E-state index contributed by atoms with van der Waals surface area (Å²) in [6.45, 7) is 13.7. The first-order valence-electron chi connectivity index (χ1n) is 14.7. The Morgan fingerprint density at radius 3 is 1.44 bits per heavy atom. The van der Waals surface area contributed by atoms with Gasteiger partial charge >= 0.3 is 0 Å². The van der Waals surface area contributed by atoms with Gasteiger partial charge in [-0.05, 0) is 85.0 Å². The molecule has 7 aromatic carbocycles. The molecule has 0 aromatic heterocycles. The van der Waals surface area contributed by atoms with E-state index in [1.807, 2.05) is 0 Å². The summed E-state index contributed by atoms with van der Waals surface area (Å²) in [6, 6.07) is 39.1. The molecule has 198 valence electrons. The molecule has 7 rings (SSSR count). The third-order valence-corrected chi connectivity index (χ3v) is 9.14. The molecule has 0 radical (unpaired) electrons. The maximum absolute atomic E-state index is 2.37. The molecule has 0 atom stereocenters. The Hall–Kier alpha value is -4.36. The third-order valence-electron chi connectivity index (χ3n) is 9.14. The SMILES string of the molecule is Cc1cc(C)c(B(c2ccc(-c3ccc4ccc5cccc6ccc3c4c56)cc2)c2c(C)cc(C)cc2C)c(C)c1. The zero-order chi connectivity index (χ0) is 28.4. The molecule has 0 aliphatic rings. The standard InChI is InChI=1S/C40H35B/c1-24-20-26(3)39(27(4)21-24)41(40-28(5)22-25(2)23-29(40)6)34-16-12-30(13-17-34)35-18-14-33-11-10-31-8-7-9-32-15-19-36(35)38(33)37(31)32/h7-23H,1-6H3. The number of hydrogen-bond acceptors (Lipinski definition) is 0. The summed E-state index contributed by atoms with van der Waals surface area (Å²) in [6.07, 6.45) is 0. The second kappa shape index (κ2) is 9.63. The lowest BCUT2D eigenvalue weighted by molar-refractivity contribution is 1.34. The highest BCUT2D eigenvalue weighted by atomic mass is 14.2. The van der Waals surface area contributed by atoms with Crippen molar-refractivity contribution >= 4 is 55.4 Å². The van der Waals surface area contributed by atoms with E-state index in [0.29, 0.717) is 0 Å². The van der Waals surface area contributed by atoms with Crippen molar-refractivity contribution in [1.82, 2.24) is 0 Å². The van der Waals surface area contributed by atoms with Crippen LogP contribution in [-0.4, -0.2) is 6.71 Å². The van der Waals surface area contributed by atoms with Gasteiger partial charge in [0, 0.05) is 0 Å². The Morgan fingerprint density at radius 2 is 0.902 bits per heavy atom. The number of aryl methyl sites for hydroxylation is 6. The van der Waals surface area contributed by atoms with Gasteiger partial charge in [0.05, 0.1) is 0 Å². The Labute approximate surface area is 244 Å². The molecular weight excluding hydrogens is 491 g/mol. The highest BCUT2D eigenvalue weighted by Crippen LogP contribution is 2.39. The highest BCUT2D eigenvalue weighted by molar-refractivity contribution is 6.96. The largest absolute Gasteiger partial charge is 0.242 e. The van der Waals surface area contributed by atoms with Gasteiger partial charge in [-0.15, -0.1) is 0 Å². The van der Waals surface area contributed by atoms with E-state index < -0.39 is 0 Å². The van der Waals surface area contributed by atoms with Gasteiger partial charge in [0.1, 0.15) is 0 Å². The molecule has 0 saturated heterocycles. The van der Waals surface area contributed by atoms with Crippen molar-refractivity contribution in [2.24, 2.45) is 0 Å². The van der Waals surface area contributed by atoms with E-state index in [4.69, 9.17) is 0 Å². The second-order valence-electron chi connectivity index (χ2n) is 12.1. The van der Waals surface area contributed by atoms with Crippen molar-refractivity contribution in [2.75, 3.05) is 0 Å². The van der Waals surface area contributed by atoms with E-state index in [-0.39, 0.29) is 6.71 Å². The van der Waals surface area contributed by atoms with Crippen LogP contribution in [0.1, 0.15) is 33.4 Å². The zero-order valence-electron chi connectivity index (χ0n) is 24.9. The van der Waals surface area contributed by atoms with E-state index in [9.17, 15) is 0 Å². The molecule has 41 heavy (non-hydrogen) atoms. The van der Waals surface area contributed by atoms with Crippen LogP contribution in [0.4, 0.5) is 0 Å². The fourth-order valence-corrected chi connectivity index (χ4v) is 7.61. The summed E-state index contributed by atoms with van der Waals surface area (Å²) in [4.78, 5) is 0. The van der Waals surface area contributed by atoms with Crippen molar-refractivity contribution in [3.05, 3.63) is 137 Å². The molecule has 0 N–H and O–H groups in total. The van der Waals surface area contributed by atoms with Crippen molar-refractivity contribution < 1.29 is 0 Å². The van der Waals surface area contributed by atoms with E-state index in [2.05, 4.69) is 145 Å². The number of hydrogen-bond donors (Lipinski definition) is 0. The lowest BCUT2D eigenvalue weighted by Crippen LogP contribution is -2.55. The van der Waals surface area contributed by atoms with Gasteiger partial charge in [-0.3, -0.25) is 0 Å². The number of benzene rings is 7. The van der Waals surface area contributed by atoms with Crippen molar-refractivity contribution in [3.63, 3.8) is 0 Å². The summed E-state index contributed by atoms with van der Waals surface area (Å²) in [5, 5.41) is 7.99. The van der Waals surface area contributed by atoms with Crippen LogP contribution >= 0.6 is 0 Å². The smallest absolute Gasteiger partial charge is 0.0686 e. The van der Waals surface area contributed by atoms with Gasteiger partial charge in [-0.1, -0.05) is 153 Å². The molecule has 0 nitrogen and oxygen atoms in total. The first-order chi connectivity index (χ1) is 19.8. The minimum absolute atomic E-state index is 0.187. The quantitative estimate of drug-likeness (QED) is 0.159. The summed E-state index contributed by atoms with van der Waals surface area (Å²) in [5.74, 6) is 0. The van der Waals surface area contributed by atoms with E-state index in [0.717, 1.165) is 0 Å². The molecule has 0 amide bonds. The van der Waals surface area contributed by atoms with E-state index in [1.165, 1.54) is 93.2 Å². The number of rotatable bonds is 4. The third kappa shape index (κ3) is 4.15. The van der Waals surface area contributed by atoms with Crippen LogP contribution in [0.25, 0.3) is 43.4 Å². The monoisotopic (exact) mass is 526 g/mol. The second-order valence-corrected chi connectivity index (χ2v) is 12.1. The van der Waals surface area contributed by atoms with Crippen LogP contribution in [0.2, 0.25) is 0 Å². The van der Waals surface area contributed by atoms with Crippen LogP contribution in [0.5, 0.6) is 0 Å². The Morgan fingerprint density at radius 1 is 0.439 bits per heavy atom. The van der Waals surface area contributed by atoms with Gasteiger partial charge in [-0.2, -0.15) is 0 Å².